The average Bonchev–Trinajstić information content (AvgIpc) is 2.64. The molecule has 0 N–H and O–H groups in total. The van der Waals surface area contributed by atoms with E-state index < -0.39 is 5.38 Å². The zero-order chi connectivity index (χ0) is 11.4. The van der Waals surface area contributed by atoms with Gasteiger partial charge in [-0.25, -0.2) is 0 Å². The van der Waals surface area contributed by atoms with Crippen LogP contribution < -0.4 is 0 Å². The molecule has 5 heteroatoms. The molecule has 15 heavy (non-hydrogen) atoms. The normalized spacial score (nSPS) is 12.5. The monoisotopic (exact) mass is 229 g/mol. The highest BCUT2D eigenvalue weighted by molar-refractivity contribution is 6.30. The lowest BCUT2D eigenvalue weighted by molar-refractivity contribution is -0.128. The summed E-state index contributed by atoms with van der Waals surface area (Å²) in [5.74, 6) is -0.118. The van der Waals surface area contributed by atoms with Crippen molar-refractivity contribution in [3.05, 3.63) is 18.0 Å². The predicted octanol–water partition coefficient (Wildman–Crippen LogP) is 1.66. The van der Waals surface area contributed by atoms with Crippen molar-refractivity contribution in [1.82, 2.24) is 14.7 Å². The number of carbonyl (C=O) groups excluding carboxylic acids is 1. The van der Waals surface area contributed by atoms with Crippen LogP contribution in [-0.2, 0) is 11.3 Å². The number of nitrogens with zero attached hydrogens (tertiary/aromatic N) is 3. The van der Waals surface area contributed by atoms with E-state index in [0.717, 1.165) is 18.5 Å². The van der Waals surface area contributed by atoms with Crippen molar-refractivity contribution in [2.45, 2.75) is 25.3 Å². The Bertz CT molecular complexity index is 335. The largest absolute Gasteiger partial charge is 0.347 e. The number of likely N-dealkylation sites (N-methyl/N-ethyl adjacent to an activating group) is 1. The fourth-order valence-electron chi connectivity index (χ4n) is 1.23. The Balaban J connectivity index is 2.73. The topological polar surface area (TPSA) is 38.1 Å². The molecule has 1 atom stereocenters. The van der Waals surface area contributed by atoms with Gasteiger partial charge in [-0.2, -0.15) is 5.10 Å². The third-order valence-corrected chi connectivity index (χ3v) is 2.49. The summed E-state index contributed by atoms with van der Waals surface area (Å²) >= 11 is 6.02. The number of aryl methyl sites for hydroxylation is 1. The summed E-state index contributed by atoms with van der Waals surface area (Å²) in [6, 6.07) is 0. The molecular weight excluding hydrogens is 214 g/mol. The first-order chi connectivity index (χ1) is 7.06. The minimum atomic E-state index is -0.634. The van der Waals surface area contributed by atoms with Crippen LogP contribution in [-0.4, -0.2) is 34.7 Å². The average molecular weight is 230 g/mol. The fourth-order valence-corrected chi connectivity index (χ4v) is 1.54. The van der Waals surface area contributed by atoms with Gasteiger partial charge in [0.2, 0.25) is 5.91 Å². The van der Waals surface area contributed by atoms with Crippen LogP contribution in [0.3, 0.4) is 0 Å². The highest BCUT2D eigenvalue weighted by atomic mass is 35.5. The second kappa shape index (κ2) is 5.16. The zero-order valence-corrected chi connectivity index (χ0v) is 10.0. The molecule has 0 aliphatic heterocycles. The molecule has 0 spiro atoms. The lowest BCUT2D eigenvalue weighted by Crippen LogP contribution is -2.25. The van der Waals surface area contributed by atoms with E-state index in [0.29, 0.717) is 0 Å². The van der Waals surface area contributed by atoms with Crippen LogP contribution in [0.1, 0.15) is 24.3 Å². The molecule has 0 aliphatic carbocycles. The predicted molar refractivity (Wildman–Crippen MR) is 59.8 cm³/mol. The molecule has 0 aliphatic rings. The van der Waals surface area contributed by atoms with Crippen molar-refractivity contribution in [3.8, 4) is 0 Å². The molecule has 1 aromatic heterocycles. The summed E-state index contributed by atoms with van der Waals surface area (Å²) in [6.07, 6.45) is 4.48. The van der Waals surface area contributed by atoms with Crippen LogP contribution in [0, 0.1) is 0 Å². The molecule has 84 valence electrons. The number of carbonyl (C=O) groups is 1. The van der Waals surface area contributed by atoms with Gasteiger partial charge >= 0.3 is 0 Å². The smallest absolute Gasteiger partial charge is 0.244 e. The van der Waals surface area contributed by atoms with Gasteiger partial charge in [0.1, 0.15) is 5.38 Å². The second-order valence-corrected chi connectivity index (χ2v) is 4.07. The van der Waals surface area contributed by atoms with Crippen molar-refractivity contribution < 1.29 is 4.79 Å². The van der Waals surface area contributed by atoms with Gasteiger partial charge in [0.05, 0.1) is 6.20 Å². The number of rotatable bonds is 4. The van der Waals surface area contributed by atoms with Crippen LogP contribution in [0.2, 0.25) is 0 Å². The Morgan fingerprint density at radius 1 is 1.67 bits per heavy atom. The van der Waals surface area contributed by atoms with Crippen LogP contribution in [0.4, 0.5) is 0 Å². The highest BCUT2D eigenvalue weighted by Gasteiger charge is 2.20. The quantitative estimate of drug-likeness (QED) is 0.737. The van der Waals surface area contributed by atoms with E-state index in [1.54, 1.807) is 25.0 Å². The number of alkyl halides is 1. The minimum absolute atomic E-state index is 0.118. The second-order valence-electron chi connectivity index (χ2n) is 3.63. The number of aromatic nitrogens is 2. The Morgan fingerprint density at radius 2 is 2.33 bits per heavy atom. The third kappa shape index (κ3) is 2.96. The molecule has 0 saturated heterocycles. The molecule has 0 aromatic carbocycles. The Hall–Kier alpha value is -1.03. The Kier molecular flexibility index (Phi) is 4.15. The number of hydrogen-bond donors (Lipinski definition) is 0. The van der Waals surface area contributed by atoms with Gasteiger partial charge in [0, 0.05) is 32.4 Å². The summed E-state index contributed by atoms with van der Waals surface area (Å²) < 4.78 is 1.80. The summed E-state index contributed by atoms with van der Waals surface area (Å²) in [5, 5.41) is 3.50. The Morgan fingerprint density at radius 3 is 2.87 bits per heavy atom. The van der Waals surface area contributed by atoms with Gasteiger partial charge in [-0.05, 0) is 6.42 Å². The van der Waals surface area contributed by atoms with Gasteiger partial charge in [-0.3, -0.25) is 9.48 Å². The first-order valence-electron chi connectivity index (χ1n) is 4.93. The highest BCUT2D eigenvalue weighted by Crippen LogP contribution is 2.21. The van der Waals surface area contributed by atoms with Crippen molar-refractivity contribution in [2.24, 2.45) is 0 Å². The van der Waals surface area contributed by atoms with Gasteiger partial charge in [0.15, 0.2) is 0 Å². The molecule has 1 heterocycles. The SMILES string of the molecule is CCCn1cc(C(Cl)C(=O)N(C)C)cn1. The molecule has 0 fully saturated rings. The van der Waals surface area contributed by atoms with Gasteiger partial charge in [-0.15, -0.1) is 11.6 Å². The van der Waals surface area contributed by atoms with Crippen LogP contribution in [0.25, 0.3) is 0 Å². The van der Waals surface area contributed by atoms with Crippen molar-refractivity contribution in [1.29, 1.82) is 0 Å². The summed E-state index contributed by atoms with van der Waals surface area (Å²) in [5.41, 5.74) is 0.754. The first kappa shape index (κ1) is 12.0. The van der Waals surface area contributed by atoms with Gasteiger partial charge in [-0.1, -0.05) is 6.92 Å². The first-order valence-corrected chi connectivity index (χ1v) is 5.37. The van der Waals surface area contributed by atoms with E-state index in [4.69, 9.17) is 11.6 Å². The van der Waals surface area contributed by atoms with E-state index in [1.807, 2.05) is 6.20 Å². The van der Waals surface area contributed by atoms with Crippen LogP contribution in [0.15, 0.2) is 12.4 Å². The summed E-state index contributed by atoms with van der Waals surface area (Å²) in [6.45, 7) is 2.92. The molecule has 1 amide bonds. The molecule has 1 rings (SSSR count). The number of amides is 1. The number of hydrogen-bond acceptors (Lipinski definition) is 2. The maximum Gasteiger partial charge on any atom is 0.244 e. The van der Waals surface area contributed by atoms with Crippen molar-refractivity contribution >= 4 is 17.5 Å². The van der Waals surface area contributed by atoms with Crippen LogP contribution >= 0.6 is 11.6 Å². The van der Waals surface area contributed by atoms with Gasteiger partial charge in [0.25, 0.3) is 0 Å². The molecular formula is C10H16ClN3O. The zero-order valence-electron chi connectivity index (χ0n) is 9.27. The van der Waals surface area contributed by atoms with Gasteiger partial charge < -0.3 is 4.90 Å². The minimum Gasteiger partial charge on any atom is -0.347 e. The van der Waals surface area contributed by atoms with Crippen molar-refractivity contribution in [2.75, 3.05) is 14.1 Å². The molecule has 0 radical (unpaired) electrons. The molecule has 0 saturated carbocycles. The van der Waals surface area contributed by atoms with E-state index >= 15 is 0 Å². The molecule has 4 nitrogen and oxygen atoms in total. The lowest BCUT2D eigenvalue weighted by atomic mass is 10.2. The van der Waals surface area contributed by atoms with E-state index in [-0.39, 0.29) is 5.91 Å². The summed E-state index contributed by atoms with van der Waals surface area (Å²) in [7, 11) is 3.38. The maximum absolute atomic E-state index is 11.6. The maximum atomic E-state index is 11.6. The summed E-state index contributed by atoms with van der Waals surface area (Å²) in [4.78, 5) is 13.0. The molecule has 0 bridgehead atoms. The third-order valence-electron chi connectivity index (χ3n) is 2.06. The molecule has 1 aromatic rings. The molecule has 1 unspecified atom stereocenters. The Labute approximate surface area is 94.8 Å². The number of halogens is 1. The standard InChI is InChI=1S/C10H16ClN3O/c1-4-5-14-7-8(6-12-14)9(11)10(15)13(2)3/h6-7,9H,4-5H2,1-3H3. The van der Waals surface area contributed by atoms with E-state index in [1.165, 1.54) is 4.90 Å². The van der Waals surface area contributed by atoms with Crippen LogP contribution in [0.5, 0.6) is 0 Å². The fraction of sp³-hybridized carbons (Fsp3) is 0.600. The van der Waals surface area contributed by atoms with E-state index in [9.17, 15) is 4.79 Å². The van der Waals surface area contributed by atoms with E-state index in [2.05, 4.69) is 12.0 Å². The lowest BCUT2D eigenvalue weighted by Gasteiger charge is -2.13. The van der Waals surface area contributed by atoms with Crippen molar-refractivity contribution in [3.63, 3.8) is 0 Å².